The molecule has 3 heteroatoms. The largest absolute Gasteiger partial charge is 0.492 e. The number of benzene rings is 1. The lowest BCUT2D eigenvalue weighted by molar-refractivity contribution is 0.342. The summed E-state index contributed by atoms with van der Waals surface area (Å²) in [5.41, 5.74) is 7.25. The van der Waals surface area contributed by atoms with Crippen LogP contribution in [-0.2, 0) is 0 Å². The highest BCUT2D eigenvalue weighted by atomic mass is 35.5. The molecule has 1 rings (SSSR count). The maximum atomic E-state index is 5.85. The highest BCUT2D eigenvalue weighted by Crippen LogP contribution is 2.30. The molecule has 0 aliphatic heterocycles. The average Bonchev–Trinajstić information content (AvgIpc) is 2.00. The number of hydrogen-bond acceptors (Lipinski definition) is 2. The summed E-state index contributed by atoms with van der Waals surface area (Å²) >= 11 is 5.85. The Morgan fingerprint density at radius 2 is 2.17 bits per heavy atom. The minimum Gasteiger partial charge on any atom is -0.492 e. The van der Waals surface area contributed by atoms with Gasteiger partial charge in [-0.15, -0.1) is 0 Å². The van der Waals surface area contributed by atoms with Crippen LogP contribution in [0.25, 0.3) is 0 Å². The maximum absolute atomic E-state index is 5.85. The Bertz CT molecular complexity index is 286. The van der Waals surface area contributed by atoms with Gasteiger partial charge in [0, 0.05) is 0 Å². The van der Waals surface area contributed by atoms with Crippen molar-refractivity contribution >= 4 is 17.3 Å². The molecule has 0 saturated carbocycles. The van der Waals surface area contributed by atoms with Crippen LogP contribution in [0.3, 0.4) is 0 Å². The van der Waals surface area contributed by atoms with Crippen molar-refractivity contribution in [2.24, 2.45) is 0 Å². The molecule has 66 valence electrons. The molecule has 0 bridgehead atoms. The zero-order valence-corrected chi connectivity index (χ0v) is 7.98. The van der Waals surface area contributed by atoms with E-state index in [1.807, 2.05) is 26.0 Å². The van der Waals surface area contributed by atoms with E-state index < -0.39 is 0 Å². The van der Waals surface area contributed by atoms with Gasteiger partial charge in [-0.25, -0.2) is 0 Å². The van der Waals surface area contributed by atoms with Crippen LogP contribution in [0.5, 0.6) is 5.75 Å². The first kappa shape index (κ1) is 9.20. The number of nitrogen functional groups attached to an aromatic ring is 1. The Balaban J connectivity index is 3.09. The summed E-state index contributed by atoms with van der Waals surface area (Å²) in [6.07, 6.45) is 0. The highest BCUT2D eigenvalue weighted by molar-refractivity contribution is 6.33. The summed E-state index contributed by atoms with van der Waals surface area (Å²) in [4.78, 5) is 0. The smallest absolute Gasteiger partial charge is 0.143 e. The summed E-state index contributed by atoms with van der Waals surface area (Å²) in [6.45, 7) is 4.47. The molecular weight excluding hydrogens is 174 g/mol. The van der Waals surface area contributed by atoms with Crippen molar-refractivity contribution in [1.82, 2.24) is 0 Å². The molecule has 0 amide bonds. The number of nitrogens with two attached hydrogens (primary N) is 1. The molecule has 0 radical (unpaired) electrons. The molecule has 0 aromatic heterocycles. The topological polar surface area (TPSA) is 35.2 Å². The molecule has 1 aromatic rings. The van der Waals surface area contributed by atoms with Crippen LogP contribution in [0, 0.1) is 6.92 Å². The number of halogens is 1. The zero-order chi connectivity index (χ0) is 9.14. The molecule has 0 atom stereocenters. The lowest BCUT2D eigenvalue weighted by Gasteiger charge is -2.08. The normalized spacial score (nSPS) is 9.92. The van der Waals surface area contributed by atoms with Crippen LogP contribution >= 0.6 is 11.6 Å². The maximum Gasteiger partial charge on any atom is 0.143 e. The van der Waals surface area contributed by atoms with Crippen molar-refractivity contribution in [1.29, 1.82) is 0 Å². The van der Waals surface area contributed by atoms with Gasteiger partial charge in [-0.05, 0) is 31.5 Å². The number of rotatable bonds is 2. The fraction of sp³-hybridized carbons (Fsp3) is 0.333. The molecule has 0 unspecified atom stereocenters. The first-order chi connectivity index (χ1) is 5.65. The highest BCUT2D eigenvalue weighted by Gasteiger charge is 2.04. The average molecular weight is 186 g/mol. The van der Waals surface area contributed by atoms with E-state index in [1.165, 1.54) is 0 Å². The standard InChI is InChI=1S/C9H12ClNO/c1-3-12-8-5-6(2)4-7(10)9(8)11/h4-5H,3,11H2,1-2H3. The molecular formula is C9H12ClNO. The van der Waals surface area contributed by atoms with Gasteiger partial charge < -0.3 is 10.5 Å². The van der Waals surface area contributed by atoms with E-state index in [2.05, 4.69) is 0 Å². The molecule has 0 aliphatic rings. The molecule has 2 nitrogen and oxygen atoms in total. The summed E-state index contributed by atoms with van der Waals surface area (Å²) in [6, 6.07) is 3.70. The molecule has 0 spiro atoms. The minimum atomic E-state index is 0.518. The molecule has 0 saturated heterocycles. The van der Waals surface area contributed by atoms with E-state index in [0.29, 0.717) is 23.1 Å². The molecule has 0 aliphatic carbocycles. The van der Waals surface area contributed by atoms with Gasteiger partial charge in [-0.1, -0.05) is 11.6 Å². The van der Waals surface area contributed by atoms with E-state index >= 15 is 0 Å². The summed E-state index contributed by atoms with van der Waals surface area (Å²) < 4.78 is 5.29. The monoisotopic (exact) mass is 185 g/mol. The predicted molar refractivity (Wildman–Crippen MR) is 51.8 cm³/mol. The van der Waals surface area contributed by atoms with Crippen molar-refractivity contribution in [3.05, 3.63) is 22.7 Å². The summed E-state index contributed by atoms with van der Waals surface area (Å²) in [5.74, 6) is 0.669. The van der Waals surface area contributed by atoms with Crippen LogP contribution in [0.1, 0.15) is 12.5 Å². The quantitative estimate of drug-likeness (QED) is 0.719. The van der Waals surface area contributed by atoms with Gasteiger partial charge >= 0.3 is 0 Å². The SMILES string of the molecule is CCOc1cc(C)cc(Cl)c1N. The molecule has 2 N–H and O–H groups in total. The fourth-order valence-corrected chi connectivity index (χ4v) is 1.26. The van der Waals surface area contributed by atoms with Crippen molar-refractivity contribution in [3.63, 3.8) is 0 Å². The van der Waals surface area contributed by atoms with Crippen molar-refractivity contribution < 1.29 is 4.74 Å². The fourth-order valence-electron chi connectivity index (χ4n) is 0.996. The van der Waals surface area contributed by atoms with Gasteiger partial charge in [-0.2, -0.15) is 0 Å². The number of ether oxygens (including phenoxy) is 1. The molecule has 1 aromatic carbocycles. The number of hydrogen-bond donors (Lipinski definition) is 1. The summed E-state index contributed by atoms with van der Waals surface area (Å²) in [5, 5.41) is 0.554. The second-order valence-electron chi connectivity index (χ2n) is 2.59. The van der Waals surface area contributed by atoms with E-state index in [1.54, 1.807) is 0 Å². The number of anilines is 1. The Labute approximate surface area is 77.3 Å². The van der Waals surface area contributed by atoms with E-state index in [0.717, 1.165) is 5.56 Å². The van der Waals surface area contributed by atoms with Crippen molar-refractivity contribution in [2.45, 2.75) is 13.8 Å². The van der Waals surface area contributed by atoms with Gasteiger partial charge in [0.15, 0.2) is 0 Å². The molecule has 0 fully saturated rings. The van der Waals surface area contributed by atoms with Crippen LogP contribution in [-0.4, -0.2) is 6.61 Å². The van der Waals surface area contributed by atoms with Crippen molar-refractivity contribution in [3.8, 4) is 5.75 Å². The zero-order valence-electron chi connectivity index (χ0n) is 7.23. The Hall–Kier alpha value is -0.890. The van der Waals surface area contributed by atoms with Crippen LogP contribution in [0.4, 0.5) is 5.69 Å². The van der Waals surface area contributed by atoms with E-state index in [9.17, 15) is 0 Å². The first-order valence-corrected chi connectivity index (χ1v) is 4.21. The van der Waals surface area contributed by atoms with Crippen LogP contribution < -0.4 is 10.5 Å². The van der Waals surface area contributed by atoms with Crippen LogP contribution in [0.2, 0.25) is 5.02 Å². The third-order valence-electron chi connectivity index (χ3n) is 1.54. The molecule has 0 heterocycles. The van der Waals surface area contributed by atoms with Gasteiger partial charge in [0.2, 0.25) is 0 Å². The first-order valence-electron chi connectivity index (χ1n) is 3.83. The van der Waals surface area contributed by atoms with Gasteiger partial charge in [-0.3, -0.25) is 0 Å². The lowest BCUT2D eigenvalue weighted by Crippen LogP contribution is -1.97. The Morgan fingerprint density at radius 1 is 1.50 bits per heavy atom. The molecule has 12 heavy (non-hydrogen) atoms. The third-order valence-corrected chi connectivity index (χ3v) is 1.85. The third kappa shape index (κ3) is 1.83. The Kier molecular flexibility index (Phi) is 2.82. The lowest BCUT2D eigenvalue weighted by atomic mass is 10.2. The second-order valence-corrected chi connectivity index (χ2v) is 3.00. The Morgan fingerprint density at radius 3 is 2.75 bits per heavy atom. The van der Waals surface area contributed by atoms with Gasteiger partial charge in [0.25, 0.3) is 0 Å². The second kappa shape index (κ2) is 3.68. The van der Waals surface area contributed by atoms with Gasteiger partial charge in [0.05, 0.1) is 17.3 Å². The minimum absolute atomic E-state index is 0.518. The van der Waals surface area contributed by atoms with Crippen molar-refractivity contribution in [2.75, 3.05) is 12.3 Å². The predicted octanol–water partition coefficient (Wildman–Crippen LogP) is 2.63. The van der Waals surface area contributed by atoms with E-state index in [-0.39, 0.29) is 0 Å². The van der Waals surface area contributed by atoms with Crippen LogP contribution in [0.15, 0.2) is 12.1 Å². The van der Waals surface area contributed by atoms with E-state index in [4.69, 9.17) is 22.1 Å². The number of aryl methyl sites for hydroxylation is 1. The van der Waals surface area contributed by atoms with Gasteiger partial charge in [0.1, 0.15) is 5.75 Å². The summed E-state index contributed by atoms with van der Waals surface area (Å²) in [7, 11) is 0.